The molecule has 1 atom stereocenters. The first kappa shape index (κ1) is 26.5. The molecule has 7 nitrogen and oxygen atoms in total. The molecule has 8 heteroatoms. The van der Waals surface area contributed by atoms with Gasteiger partial charge in [0.05, 0.1) is 17.8 Å². The summed E-state index contributed by atoms with van der Waals surface area (Å²) in [5.41, 5.74) is 3.49. The molecular weight excluding hydrogens is 496 g/mol. The Morgan fingerprint density at radius 1 is 1.11 bits per heavy atom. The minimum absolute atomic E-state index is 0.00931. The van der Waals surface area contributed by atoms with Crippen LogP contribution in [0, 0.1) is 5.92 Å². The molecule has 0 bridgehead atoms. The maximum atomic E-state index is 12.8. The van der Waals surface area contributed by atoms with Crippen molar-refractivity contribution in [3.05, 3.63) is 82.7 Å². The van der Waals surface area contributed by atoms with E-state index in [-0.39, 0.29) is 17.7 Å². The molecule has 2 aliphatic heterocycles. The van der Waals surface area contributed by atoms with Gasteiger partial charge in [0.2, 0.25) is 11.8 Å². The van der Waals surface area contributed by atoms with Crippen LogP contribution in [0.5, 0.6) is 0 Å². The number of hydrogen-bond acceptors (Lipinski definition) is 6. The third kappa shape index (κ3) is 7.49. The quantitative estimate of drug-likeness (QED) is 0.511. The highest BCUT2D eigenvalue weighted by Crippen LogP contribution is 2.28. The van der Waals surface area contributed by atoms with E-state index in [1.807, 2.05) is 23.1 Å². The number of benzene rings is 1. The third-order valence-corrected chi connectivity index (χ3v) is 8.15. The number of carbonyl (C=O) groups excluding carboxylic acids is 2. The van der Waals surface area contributed by atoms with Crippen molar-refractivity contribution < 1.29 is 14.3 Å². The monoisotopic (exact) mass is 532 g/mol. The van der Waals surface area contributed by atoms with Gasteiger partial charge in [0, 0.05) is 57.7 Å². The number of amides is 2. The van der Waals surface area contributed by atoms with Crippen LogP contribution in [0.2, 0.25) is 0 Å². The van der Waals surface area contributed by atoms with Gasteiger partial charge in [-0.25, -0.2) is 4.98 Å². The summed E-state index contributed by atoms with van der Waals surface area (Å²) < 4.78 is 5.57. The van der Waals surface area contributed by atoms with E-state index in [0.29, 0.717) is 19.4 Å². The van der Waals surface area contributed by atoms with E-state index in [1.165, 1.54) is 22.5 Å². The van der Waals surface area contributed by atoms with Crippen LogP contribution in [-0.4, -0.2) is 66.0 Å². The molecule has 1 unspecified atom stereocenters. The maximum absolute atomic E-state index is 12.8. The number of nitrogens with one attached hydrogen (secondary N) is 1. The van der Waals surface area contributed by atoms with Gasteiger partial charge in [0.1, 0.15) is 5.00 Å². The largest absolute Gasteiger partial charge is 0.380 e. The number of anilines is 1. The lowest BCUT2D eigenvalue weighted by molar-refractivity contribution is -0.125. The molecule has 5 rings (SSSR count). The summed E-state index contributed by atoms with van der Waals surface area (Å²) in [5, 5.41) is 4.77. The Labute approximate surface area is 228 Å². The Hall–Kier alpha value is -3.07. The third-order valence-electron chi connectivity index (χ3n) is 7.17. The summed E-state index contributed by atoms with van der Waals surface area (Å²) in [4.78, 5) is 34.3. The fraction of sp³-hybridized carbons (Fsp3) is 0.433. The van der Waals surface area contributed by atoms with Gasteiger partial charge >= 0.3 is 0 Å². The van der Waals surface area contributed by atoms with Crippen LogP contribution >= 0.6 is 11.3 Å². The molecule has 2 fully saturated rings. The van der Waals surface area contributed by atoms with Crippen LogP contribution in [0.25, 0.3) is 0 Å². The Balaban J connectivity index is 1.08. The number of hydrogen-bond donors (Lipinski definition) is 1. The molecule has 3 aliphatic rings. The maximum Gasteiger partial charge on any atom is 0.227 e. The van der Waals surface area contributed by atoms with Gasteiger partial charge in [0.25, 0.3) is 0 Å². The predicted molar refractivity (Wildman–Crippen MR) is 151 cm³/mol. The highest BCUT2D eigenvalue weighted by Gasteiger charge is 2.32. The van der Waals surface area contributed by atoms with E-state index in [1.54, 1.807) is 6.20 Å². The van der Waals surface area contributed by atoms with Crippen molar-refractivity contribution in [2.24, 2.45) is 5.92 Å². The lowest BCUT2D eigenvalue weighted by atomic mass is 10.0. The van der Waals surface area contributed by atoms with Crippen LogP contribution < -0.4 is 5.32 Å². The number of allylic oxidation sites excluding steroid dienone is 3. The lowest BCUT2D eigenvalue weighted by Gasteiger charge is -2.19. The molecule has 0 saturated carbocycles. The van der Waals surface area contributed by atoms with E-state index in [4.69, 9.17) is 4.74 Å². The van der Waals surface area contributed by atoms with Crippen molar-refractivity contribution in [1.29, 1.82) is 0 Å². The van der Waals surface area contributed by atoms with Crippen molar-refractivity contribution in [2.45, 2.75) is 38.5 Å². The SMILES string of the molecule is O=C(CC1CC(=O)N(C2=CCC=C(CN3CCCOCC3)C=C2)C1)Nc1cnc(CCc2ccccc2)s1. The fourth-order valence-corrected chi connectivity index (χ4v) is 6.02. The van der Waals surface area contributed by atoms with Gasteiger partial charge in [-0.3, -0.25) is 14.5 Å². The van der Waals surface area contributed by atoms with E-state index < -0.39 is 0 Å². The number of ether oxygens (including phenoxy) is 1. The number of aryl methyl sites for hydroxylation is 2. The minimum Gasteiger partial charge on any atom is -0.380 e. The van der Waals surface area contributed by atoms with Crippen LogP contribution in [0.15, 0.2) is 72.1 Å². The van der Waals surface area contributed by atoms with E-state index >= 15 is 0 Å². The first-order valence-corrected chi connectivity index (χ1v) is 14.4. The van der Waals surface area contributed by atoms with Crippen LogP contribution in [-0.2, 0) is 27.2 Å². The molecule has 1 aromatic carbocycles. The van der Waals surface area contributed by atoms with Crippen LogP contribution in [0.1, 0.15) is 36.3 Å². The van der Waals surface area contributed by atoms with Crippen molar-refractivity contribution in [3.63, 3.8) is 0 Å². The first-order valence-electron chi connectivity index (χ1n) is 13.6. The Bertz CT molecular complexity index is 1200. The number of thiazole rings is 1. The minimum atomic E-state index is -0.0568. The fourth-order valence-electron chi connectivity index (χ4n) is 5.19. The lowest BCUT2D eigenvalue weighted by Crippen LogP contribution is -2.28. The highest BCUT2D eigenvalue weighted by atomic mass is 32.1. The molecule has 2 aromatic rings. The second-order valence-electron chi connectivity index (χ2n) is 10.1. The summed E-state index contributed by atoms with van der Waals surface area (Å²) in [6.45, 7) is 5.12. The van der Waals surface area contributed by atoms with Gasteiger partial charge < -0.3 is 15.0 Å². The number of likely N-dealkylation sites (tertiary alicyclic amines) is 1. The van der Waals surface area contributed by atoms with E-state index in [2.05, 4.69) is 51.6 Å². The van der Waals surface area contributed by atoms with Crippen molar-refractivity contribution in [3.8, 4) is 0 Å². The topological polar surface area (TPSA) is 74.8 Å². The Morgan fingerprint density at radius 3 is 2.89 bits per heavy atom. The predicted octanol–water partition coefficient (Wildman–Crippen LogP) is 4.60. The van der Waals surface area contributed by atoms with Gasteiger partial charge in [0.15, 0.2) is 0 Å². The number of rotatable bonds is 9. The standard InChI is InChI=1S/C30H36N4O3S/c35-27(32-29-20-31-28(38-29)13-11-23-6-2-1-3-7-23)18-25-19-30(36)34(22-25)26-9-4-8-24(10-12-26)21-33-14-5-16-37-17-15-33/h1-3,6-10,12,20,25H,4-5,11,13-19,21-22H2,(H,32,35). The van der Waals surface area contributed by atoms with Crippen molar-refractivity contribution in [1.82, 2.24) is 14.8 Å². The van der Waals surface area contributed by atoms with Crippen molar-refractivity contribution >= 4 is 28.2 Å². The summed E-state index contributed by atoms with van der Waals surface area (Å²) >= 11 is 1.52. The van der Waals surface area contributed by atoms with Crippen molar-refractivity contribution in [2.75, 3.05) is 44.7 Å². The molecule has 1 aliphatic carbocycles. The molecule has 200 valence electrons. The second kappa shape index (κ2) is 13.1. The van der Waals surface area contributed by atoms with E-state index in [9.17, 15) is 9.59 Å². The molecular formula is C30H36N4O3S. The van der Waals surface area contributed by atoms with Gasteiger partial charge in [-0.15, -0.1) is 11.3 Å². The normalized spacial score (nSPS) is 20.6. The summed E-state index contributed by atoms with van der Waals surface area (Å²) in [7, 11) is 0. The summed E-state index contributed by atoms with van der Waals surface area (Å²) in [6.07, 6.45) is 14.7. The molecule has 0 radical (unpaired) electrons. The highest BCUT2D eigenvalue weighted by molar-refractivity contribution is 7.15. The molecule has 3 heterocycles. The second-order valence-corrected chi connectivity index (χ2v) is 11.3. The average molecular weight is 533 g/mol. The zero-order valence-corrected chi connectivity index (χ0v) is 22.6. The zero-order chi connectivity index (χ0) is 26.2. The molecule has 1 N–H and O–H groups in total. The van der Waals surface area contributed by atoms with Gasteiger partial charge in [-0.2, -0.15) is 0 Å². The summed E-state index contributed by atoms with van der Waals surface area (Å²) in [6, 6.07) is 10.3. The number of nitrogens with zero attached hydrogens (tertiary/aromatic N) is 3. The zero-order valence-electron chi connectivity index (χ0n) is 21.8. The molecule has 2 saturated heterocycles. The molecule has 0 spiro atoms. The summed E-state index contributed by atoms with van der Waals surface area (Å²) in [5.74, 6) is 0.0431. The first-order chi connectivity index (χ1) is 18.6. The Kier molecular flexibility index (Phi) is 9.17. The molecule has 2 amide bonds. The van der Waals surface area contributed by atoms with Crippen LogP contribution in [0.4, 0.5) is 5.00 Å². The van der Waals surface area contributed by atoms with Crippen LogP contribution in [0.3, 0.4) is 0 Å². The Morgan fingerprint density at radius 2 is 2.00 bits per heavy atom. The molecule has 1 aromatic heterocycles. The van der Waals surface area contributed by atoms with E-state index in [0.717, 1.165) is 74.2 Å². The molecule has 38 heavy (non-hydrogen) atoms. The smallest absolute Gasteiger partial charge is 0.227 e. The van der Waals surface area contributed by atoms with Gasteiger partial charge in [-0.05, 0) is 42.4 Å². The van der Waals surface area contributed by atoms with Gasteiger partial charge in [-0.1, -0.05) is 48.6 Å². The average Bonchev–Trinajstić information content (AvgIpc) is 3.30. The number of carbonyl (C=O) groups is 2. The number of aromatic nitrogens is 1.